The number of hydrogen-bond acceptors (Lipinski definition) is 2. The zero-order chi connectivity index (χ0) is 17.0. The topological polar surface area (TPSA) is 57.5 Å². The minimum Gasteiger partial charge on any atom is -0.481 e. The van der Waals surface area contributed by atoms with Crippen molar-refractivity contribution in [3.8, 4) is 0 Å². The molecule has 3 nitrogen and oxygen atoms in total. The molecule has 0 aliphatic heterocycles. The van der Waals surface area contributed by atoms with Crippen molar-refractivity contribution >= 4 is 5.97 Å². The molecule has 0 radical (unpaired) electrons. The lowest BCUT2D eigenvalue weighted by Crippen LogP contribution is -2.57. The molecule has 3 aliphatic carbocycles. The van der Waals surface area contributed by atoms with Gasteiger partial charge in [-0.05, 0) is 61.9 Å². The highest BCUT2D eigenvalue weighted by molar-refractivity contribution is 5.75. The number of allylic oxidation sites excluding steroid dienone is 2. The first-order valence-electron chi connectivity index (χ1n) is 8.94. The van der Waals surface area contributed by atoms with E-state index in [0.717, 1.165) is 37.7 Å². The standard InChI is InChI=1S/C20H30O3/c1-5-18(2)10-7-14-13(12-18)15(21)11-16-19(14,3)8-6-9-20(16,4)17(22)23/h5,12,14-16,21H,1,6-11H2,2-4H3,(H,22,23)/t14?,15-,16-,18-,19-,20+/m0/s1. The van der Waals surface area contributed by atoms with Gasteiger partial charge in [0.25, 0.3) is 0 Å². The molecule has 0 saturated heterocycles. The fourth-order valence-corrected chi connectivity index (χ4v) is 5.85. The third-order valence-electron chi connectivity index (χ3n) is 7.44. The Morgan fingerprint density at radius 3 is 2.61 bits per heavy atom. The lowest BCUT2D eigenvalue weighted by molar-refractivity contribution is -0.168. The van der Waals surface area contributed by atoms with Crippen LogP contribution in [0.3, 0.4) is 0 Å². The number of carbonyl (C=O) groups is 1. The van der Waals surface area contributed by atoms with Crippen LogP contribution in [0, 0.1) is 28.1 Å². The largest absolute Gasteiger partial charge is 0.481 e. The summed E-state index contributed by atoms with van der Waals surface area (Å²) in [5.41, 5.74) is 0.380. The first kappa shape index (κ1) is 16.8. The number of fused-ring (bicyclic) bond motifs is 3. The summed E-state index contributed by atoms with van der Waals surface area (Å²) < 4.78 is 0. The van der Waals surface area contributed by atoms with E-state index in [1.807, 2.05) is 13.0 Å². The van der Waals surface area contributed by atoms with Crippen LogP contribution in [0.25, 0.3) is 0 Å². The highest BCUT2D eigenvalue weighted by atomic mass is 16.4. The Morgan fingerprint density at radius 2 is 2.00 bits per heavy atom. The van der Waals surface area contributed by atoms with Crippen LogP contribution in [0.1, 0.15) is 59.3 Å². The highest BCUT2D eigenvalue weighted by Crippen LogP contribution is 2.63. The van der Waals surface area contributed by atoms with E-state index in [-0.39, 0.29) is 16.7 Å². The zero-order valence-electron chi connectivity index (χ0n) is 14.6. The molecule has 3 aliphatic rings. The van der Waals surface area contributed by atoms with Crippen LogP contribution < -0.4 is 0 Å². The van der Waals surface area contributed by atoms with Crippen molar-refractivity contribution in [3.05, 3.63) is 24.3 Å². The smallest absolute Gasteiger partial charge is 0.309 e. The Morgan fingerprint density at radius 1 is 1.30 bits per heavy atom. The fourth-order valence-electron chi connectivity index (χ4n) is 5.85. The summed E-state index contributed by atoms with van der Waals surface area (Å²) in [4.78, 5) is 12.0. The van der Waals surface area contributed by atoms with Gasteiger partial charge in [-0.1, -0.05) is 32.4 Å². The third kappa shape index (κ3) is 2.31. The predicted octanol–water partition coefficient (Wildman–Crippen LogP) is 4.18. The van der Waals surface area contributed by atoms with E-state index in [1.165, 1.54) is 0 Å². The molecular weight excluding hydrogens is 288 g/mol. The van der Waals surface area contributed by atoms with Crippen LogP contribution in [0.15, 0.2) is 24.3 Å². The average molecular weight is 318 g/mol. The highest BCUT2D eigenvalue weighted by Gasteiger charge is 2.60. The monoisotopic (exact) mass is 318 g/mol. The molecule has 0 bridgehead atoms. The molecule has 0 amide bonds. The van der Waals surface area contributed by atoms with E-state index in [9.17, 15) is 15.0 Å². The second-order valence-electron chi connectivity index (χ2n) is 8.83. The van der Waals surface area contributed by atoms with Gasteiger partial charge in [0.15, 0.2) is 0 Å². The average Bonchev–Trinajstić information content (AvgIpc) is 2.50. The van der Waals surface area contributed by atoms with Crippen molar-refractivity contribution in [3.63, 3.8) is 0 Å². The molecular formula is C20H30O3. The van der Waals surface area contributed by atoms with Crippen molar-refractivity contribution in [2.75, 3.05) is 0 Å². The summed E-state index contributed by atoms with van der Waals surface area (Å²) in [6, 6.07) is 0. The lowest BCUT2D eigenvalue weighted by Gasteiger charge is -2.60. The maximum atomic E-state index is 12.0. The quantitative estimate of drug-likeness (QED) is 0.751. The minimum absolute atomic E-state index is 0.0149. The molecule has 0 spiro atoms. The van der Waals surface area contributed by atoms with Crippen molar-refractivity contribution in [2.45, 2.75) is 65.4 Å². The Hall–Kier alpha value is -1.09. The van der Waals surface area contributed by atoms with Crippen LogP contribution in [-0.2, 0) is 4.79 Å². The fraction of sp³-hybridized carbons (Fsp3) is 0.750. The van der Waals surface area contributed by atoms with Crippen LogP contribution in [0.2, 0.25) is 0 Å². The number of hydrogen-bond donors (Lipinski definition) is 2. The Balaban J connectivity index is 2.05. The summed E-state index contributed by atoms with van der Waals surface area (Å²) >= 11 is 0. The van der Waals surface area contributed by atoms with Crippen LogP contribution >= 0.6 is 0 Å². The molecule has 128 valence electrons. The number of aliphatic hydroxyl groups excluding tert-OH is 1. The second kappa shape index (κ2) is 5.20. The minimum atomic E-state index is -0.710. The second-order valence-corrected chi connectivity index (χ2v) is 8.83. The van der Waals surface area contributed by atoms with E-state index >= 15 is 0 Å². The van der Waals surface area contributed by atoms with Gasteiger partial charge in [-0.3, -0.25) is 4.79 Å². The maximum absolute atomic E-state index is 12.0. The van der Waals surface area contributed by atoms with Crippen LogP contribution in [0.4, 0.5) is 0 Å². The van der Waals surface area contributed by atoms with Crippen molar-refractivity contribution in [2.24, 2.45) is 28.1 Å². The lowest BCUT2D eigenvalue weighted by atomic mass is 9.44. The number of carboxylic acid groups (broad SMARTS) is 1. The molecule has 3 rings (SSSR count). The van der Waals surface area contributed by atoms with Gasteiger partial charge in [0.2, 0.25) is 0 Å². The van der Waals surface area contributed by atoms with E-state index in [0.29, 0.717) is 12.3 Å². The van der Waals surface area contributed by atoms with E-state index in [2.05, 4.69) is 26.5 Å². The van der Waals surface area contributed by atoms with Gasteiger partial charge in [0.1, 0.15) is 0 Å². The molecule has 23 heavy (non-hydrogen) atoms. The van der Waals surface area contributed by atoms with E-state index in [4.69, 9.17) is 0 Å². The molecule has 0 aromatic heterocycles. The van der Waals surface area contributed by atoms with Crippen molar-refractivity contribution in [1.82, 2.24) is 0 Å². The van der Waals surface area contributed by atoms with Gasteiger partial charge in [0.05, 0.1) is 11.5 Å². The molecule has 6 atom stereocenters. The van der Waals surface area contributed by atoms with Gasteiger partial charge < -0.3 is 10.2 Å². The Kier molecular flexibility index (Phi) is 3.79. The SMILES string of the molecule is C=C[C@]1(C)C=C2C(CC1)[C@]1(C)CCC[C@@](C)(C(=O)O)[C@H]1C[C@@H]2O. The predicted molar refractivity (Wildman–Crippen MR) is 90.9 cm³/mol. The molecule has 0 aromatic carbocycles. The number of aliphatic hydroxyl groups is 1. The van der Waals surface area contributed by atoms with Gasteiger partial charge in [-0.2, -0.15) is 0 Å². The Bertz CT molecular complexity index is 565. The van der Waals surface area contributed by atoms with Crippen molar-refractivity contribution < 1.29 is 15.0 Å². The number of rotatable bonds is 2. The molecule has 1 unspecified atom stereocenters. The number of carboxylic acids is 1. The maximum Gasteiger partial charge on any atom is 0.309 e. The summed E-state index contributed by atoms with van der Waals surface area (Å²) in [6.07, 6.45) is 9.10. The van der Waals surface area contributed by atoms with Gasteiger partial charge >= 0.3 is 5.97 Å². The first-order valence-corrected chi connectivity index (χ1v) is 8.94. The molecule has 2 fully saturated rings. The molecule has 0 heterocycles. The number of aliphatic carboxylic acids is 1. The van der Waals surface area contributed by atoms with Crippen molar-refractivity contribution in [1.29, 1.82) is 0 Å². The van der Waals surface area contributed by atoms with E-state index < -0.39 is 17.5 Å². The summed E-state index contributed by atoms with van der Waals surface area (Å²) in [5.74, 6) is -0.338. The van der Waals surface area contributed by atoms with Gasteiger partial charge in [-0.15, -0.1) is 6.58 Å². The van der Waals surface area contributed by atoms with Crippen LogP contribution in [0.5, 0.6) is 0 Å². The third-order valence-corrected chi connectivity index (χ3v) is 7.44. The zero-order valence-corrected chi connectivity index (χ0v) is 14.6. The molecule has 0 aromatic rings. The molecule has 3 heteroatoms. The van der Waals surface area contributed by atoms with Crippen LogP contribution in [-0.4, -0.2) is 22.3 Å². The summed E-state index contributed by atoms with van der Waals surface area (Å²) in [5, 5.41) is 20.6. The molecule has 2 saturated carbocycles. The van der Waals surface area contributed by atoms with Gasteiger partial charge in [0, 0.05) is 5.41 Å². The first-order chi connectivity index (χ1) is 10.7. The van der Waals surface area contributed by atoms with E-state index in [1.54, 1.807) is 0 Å². The molecule has 2 N–H and O–H groups in total. The van der Waals surface area contributed by atoms with Gasteiger partial charge in [-0.25, -0.2) is 0 Å². The Labute approximate surface area is 139 Å². The normalized spacial score (nSPS) is 49.6. The summed E-state index contributed by atoms with van der Waals surface area (Å²) in [6.45, 7) is 10.3. The summed E-state index contributed by atoms with van der Waals surface area (Å²) in [7, 11) is 0.